The number of hydrogen-bond acceptors (Lipinski definition) is 6. The number of aryl methyl sites for hydroxylation is 1. The molecule has 4 aromatic rings. The predicted molar refractivity (Wildman–Crippen MR) is 94.6 cm³/mol. The van der Waals surface area contributed by atoms with Gasteiger partial charge in [-0.1, -0.05) is 25.1 Å². The molecule has 6 nitrogen and oxygen atoms in total. The van der Waals surface area contributed by atoms with Gasteiger partial charge in [0, 0.05) is 5.69 Å². The van der Waals surface area contributed by atoms with Crippen molar-refractivity contribution in [3.8, 4) is 17.3 Å². The van der Waals surface area contributed by atoms with Crippen molar-refractivity contribution in [1.29, 1.82) is 0 Å². The largest absolute Gasteiger partial charge is 0.461 e. The number of halogens is 1. The molecule has 0 saturated carbocycles. The molecule has 0 aliphatic rings. The first-order chi connectivity index (χ1) is 12.8. The topological polar surface area (TPSA) is 69.6 Å². The highest BCUT2D eigenvalue weighted by Gasteiger charge is 2.21. The van der Waals surface area contributed by atoms with Crippen LogP contribution in [0, 0.1) is 5.82 Å². The smallest absolute Gasteiger partial charge is 0.205 e. The molecule has 0 unspecified atom stereocenters. The van der Waals surface area contributed by atoms with E-state index in [-0.39, 0.29) is 5.03 Å². The van der Waals surface area contributed by atoms with Crippen LogP contribution in [0.5, 0.6) is 0 Å². The number of aromatic nitrogens is 5. The van der Waals surface area contributed by atoms with E-state index in [2.05, 4.69) is 20.2 Å². The second kappa shape index (κ2) is 7.09. The zero-order chi connectivity index (χ0) is 17.9. The van der Waals surface area contributed by atoms with Gasteiger partial charge in [0.15, 0.2) is 11.6 Å². The second-order valence-electron chi connectivity index (χ2n) is 5.35. The quantitative estimate of drug-likeness (QED) is 0.493. The van der Waals surface area contributed by atoms with Crippen LogP contribution in [0.15, 0.2) is 69.7 Å². The molecule has 0 radical (unpaired) electrons. The number of rotatable bonds is 5. The van der Waals surface area contributed by atoms with Crippen molar-refractivity contribution < 1.29 is 8.81 Å². The summed E-state index contributed by atoms with van der Waals surface area (Å²) in [7, 11) is 0. The lowest BCUT2D eigenvalue weighted by atomic mass is 10.3. The Morgan fingerprint density at radius 3 is 2.65 bits per heavy atom. The molecule has 4 rings (SSSR count). The summed E-state index contributed by atoms with van der Waals surface area (Å²) in [6.07, 6.45) is 3.43. The van der Waals surface area contributed by atoms with E-state index in [0.29, 0.717) is 28.9 Å². The molecule has 0 fully saturated rings. The fourth-order valence-electron chi connectivity index (χ4n) is 2.50. The molecule has 0 bridgehead atoms. The molecule has 0 N–H and O–H groups in total. The van der Waals surface area contributed by atoms with Crippen LogP contribution >= 0.6 is 11.8 Å². The van der Waals surface area contributed by atoms with Gasteiger partial charge < -0.3 is 4.42 Å². The van der Waals surface area contributed by atoms with Crippen LogP contribution in [0.4, 0.5) is 4.39 Å². The standard InChI is InChI=1S/C18H14FN5OS/c1-2-13-15(19)17(21-11-20-13)26-18-23-22-16(14-9-6-10-25-14)24(18)12-7-4-3-5-8-12/h3-11H,2H2,1H3. The Bertz CT molecular complexity index is 1020. The number of benzene rings is 1. The Morgan fingerprint density at radius 2 is 1.92 bits per heavy atom. The first kappa shape index (κ1) is 16.5. The van der Waals surface area contributed by atoms with Gasteiger partial charge in [-0.05, 0) is 42.4 Å². The zero-order valence-corrected chi connectivity index (χ0v) is 14.7. The molecule has 0 saturated heterocycles. The zero-order valence-electron chi connectivity index (χ0n) is 13.8. The highest BCUT2D eigenvalue weighted by Crippen LogP contribution is 2.32. The van der Waals surface area contributed by atoms with Gasteiger partial charge in [0.25, 0.3) is 0 Å². The van der Waals surface area contributed by atoms with Crippen molar-refractivity contribution in [3.63, 3.8) is 0 Å². The molecule has 0 spiro atoms. The van der Waals surface area contributed by atoms with Crippen molar-refractivity contribution in [2.24, 2.45) is 0 Å². The van der Waals surface area contributed by atoms with Crippen molar-refractivity contribution in [3.05, 3.63) is 66.6 Å². The van der Waals surface area contributed by atoms with Crippen LogP contribution in [0.2, 0.25) is 0 Å². The van der Waals surface area contributed by atoms with Crippen LogP contribution in [0.1, 0.15) is 12.6 Å². The molecule has 26 heavy (non-hydrogen) atoms. The summed E-state index contributed by atoms with van der Waals surface area (Å²) in [6, 6.07) is 13.2. The maximum Gasteiger partial charge on any atom is 0.205 e. The summed E-state index contributed by atoms with van der Waals surface area (Å²) < 4.78 is 21.8. The van der Waals surface area contributed by atoms with E-state index >= 15 is 0 Å². The highest BCUT2D eigenvalue weighted by atomic mass is 32.2. The van der Waals surface area contributed by atoms with Crippen LogP contribution in [-0.2, 0) is 6.42 Å². The summed E-state index contributed by atoms with van der Waals surface area (Å²) in [5, 5.41) is 9.17. The van der Waals surface area contributed by atoms with Crippen LogP contribution in [0.3, 0.4) is 0 Å². The molecule has 0 aliphatic carbocycles. The van der Waals surface area contributed by atoms with Crippen LogP contribution in [0.25, 0.3) is 17.3 Å². The fourth-order valence-corrected chi connectivity index (χ4v) is 3.35. The fraction of sp³-hybridized carbons (Fsp3) is 0.111. The van der Waals surface area contributed by atoms with Gasteiger partial charge in [-0.25, -0.2) is 14.4 Å². The van der Waals surface area contributed by atoms with Gasteiger partial charge in [0.1, 0.15) is 11.4 Å². The van der Waals surface area contributed by atoms with Gasteiger partial charge in [0.05, 0.1) is 12.0 Å². The van der Waals surface area contributed by atoms with Crippen molar-refractivity contribution in [2.75, 3.05) is 0 Å². The van der Waals surface area contributed by atoms with E-state index in [0.717, 1.165) is 17.4 Å². The minimum absolute atomic E-state index is 0.215. The van der Waals surface area contributed by atoms with Gasteiger partial charge in [0.2, 0.25) is 11.0 Å². The molecular weight excluding hydrogens is 353 g/mol. The van der Waals surface area contributed by atoms with Gasteiger partial charge in [-0.2, -0.15) is 0 Å². The van der Waals surface area contributed by atoms with E-state index in [1.54, 1.807) is 18.4 Å². The molecule has 0 amide bonds. The molecule has 130 valence electrons. The summed E-state index contributed by atoms with van der Waals surface area (Å²) in [4.78, 5) is 8.03. The maximum absolute atomic E-state index is 14.6. The Labute approximate surface area is 153 Å². The molecule has 1 aromatic carbocycles. The van der Waals surface area contributed by atoms with E-state index < -0.39 is 5.82 Å². The third-order valence-electron chi connectivity index (χ3n) is 3.74. The van der Waals surface area contributed by atoms with E-state index in [4.69, 9.17) is 4.42 Å². The van der Waals surface area contributed by atoms with E-state index in [9.17, 15) is 4.39 Å². The predicted octanol–water partition coefficient (Wildman–Crippen LogP) is 4.17. The molecule has 8 heteroatoms. The first-order valence-corrected chi connectivity index (χ1v) is 8.81. The van der Waals surface area contributed by atoms with Crippen molar-refractivity contribution >= 4 is 11.8 Å². The number of hydrogen-bond donors (Lipinski definition) is 0. The number of para-hydroxylation sites is 1. The van der Waals surface area contributed by atoms with Crippen LogP contribution in [-0.4, -0.2) is 24.7 Å². The SMILES string of the molecule is CCc1ncnc(Sc2nnc(-c3ccco3)n2-c2ccccc2)c1F. The van der Waals surface area contributed by atoms with E-state index in [1.807, 2.05) is 41.8 Å². The Balaban J connectivity index is 1.83. The lowest BCUT2D eigenvalue weighted by Crippen LogP contribution is -2.01. The lowest BCUT2D eigenvalue weighted by Gasteiger charge is -2.09. The van der Waals surface area contributed by atoms with E-state index in [1.165, 1.54) is 6.33 Å². The van der Waals surface area contributed by atoms with Gasteiger partial charge in [-0.3, -0.25) is 4.57 Å². The Morgan fingerprint density at radius 1 is 1.08 bits per heavy atom. The molecule has 3 heterocycles. The molecular formula is C18H14FN5OS. The van der Waals surface area contributed by atoms with Crippen molar-refractivity contribution in [2.45, 2.75) is 23.5 Å². The average molecular weight is 367 g/mol. The van der Waals surface area contributed by atoms with Gasteiger partial charge in [-0.15, -0.1) is 10.2 Å². The maximum atomic E-state index is 14.6. The molecule has 0 aliphatic heterocycles. The number of nitrogens with zero attached hydrogens (tertiary/aromatic N) is 5. The highest BCUT2D eigenvalue weighted by molar-refractivity contribution is 7.99. The summed E-state index contributed by atoms with van der Waals surface area (Å²) in [6.45, 7) is 1.85. The molecule has 3 aromatic heterocycles. The van der Waals surface area contributed by atoms with Gasteiger partial charge >= 0.3 is 0 Å². The average Bonchev–Trinajstić information content (AvgIpc) is 3.34. The summed E-state index contributed by atoms with van der Waals surface area (Å²) in [5.74, 6) is 0.682. The Hall–Kier alpha value is -3.00. The minimum Gasteiger partial charge on any atom is -0.461 e. The monoisotopic (exact) mass is 367 g/mol. The third kappa shape index (κ3) is 2.99. The van der Waals surface area contributed by atoms with Crippen molar-refractivity contribution in [1.82, 2.24) is 24.7 Å². The lowest BCUT2D eigenvalue weighted by molar-refractivity contribution is 0.558. The first-order valence-electron chi connectivity index (χ1n) is 8.00. The summed E-state index contributed by atoms with van der Waals surface area (Å²) in [5.41, 5.74) is 1.22. The summed E-state index contributed by atoms with van der Waals surface area (Å²) >= 11 is 1.10. The minimum atomic E-state index is -0.429. The number of furan rings is 1. The third-order valence-corrected chi connectivity index (χ3v) is 4.67. The normalized spacial score (nSPS) is 11.0. The second-order valence-corrected chi connectivity index (χ2v) is 6.31. The molecule has 0 atom stereocenters. The Kier molecular flexibility index (Phi) is 4.49. The van der Waals surface area contributed by atoms with Crippen LogP contribution < -0.4 is 0 Å².